The summed E-state index contributed by atoms with van der Waals surface area (Å²) in [4.78, 5) is 36.0. The largest absolute Gasteiger partial charge is 0.480 e. The van der Waals surface area contributed by atoms with Gasteiger partial charge in [0.1, 0.15) is 11.6 Å². The summed E-state index contributed by atoms with van der Waals surface area (Å²) < 4.78 is 0. The Hall–Kier alpha value is -2.09. The summed E-state index contributed by atoms with van der Waals surface area (Å²) in [5.41, 5.74) is -0.353. The molecule has 1 aromatic rings. The van der Waals surface area contributed by atoms with Gasteiger partial charge in [0, 0.05) is 17.5 Å². The Labute approximate surface area is 125 Å². The fraction of sp³-hybridized carbons (Fsp3) is 0.385. The number of hydrogen-bond donors (Lipinski definition) is 1. The summed E-state index contributed by atoms with van der Waals surface area (Å²) in [5.74, 6) is -1.67. The molecule has 1 saturated heterocycles. The van der Waals surface area contributed by atoms with Crippen molar-refractivity contribution in [1.29, 1.82) is 0 Å². The molecule has 1 aromatic carbocycles. The molecule has 0 bridgehead atoms. The zero-order chi connectivity index (χ0) is 15.6. The van der Waals surface area contributed by atoms with Gasteiger partial charge in [-0.2, -0.15) is 0 Å². The number of nitrogens with zero attached hydrogens (tertiary/aromatic N) is 2. The molecule has 1 atom stereocenters. The Bertz CT molecular complexity index is 604. The van der Waals surface area contributed by atoms with E-state index >= 15 is 0 Å². The van der Waals surface area contributed by atoms with Gasteiger partial charge in [0.25, 0.3) is 11.6 Å². The average Bonchev–Trinajstić information content (AvgIpc) is 2.95. The first-order valence-corrected chi connectivity index (χ1v) is 7.54. The molecule has 1 heterocycles. The number of aliphatic carboxylic acids is 1. The highest BCUT2D eigenvalue weighted by atomic mass is 32.2. The lowest BCUT2D eigenvalue weighted by molar-refractivity contribution is -0.385. The summed E-state index contributed by atoms with van der Waals surface area (Å²) >= 11 is 1.36. The third kappa shape index (κ3) is 2.99. The number of nitro groups is 1. The van der Waals surface area contributed by atoms with Crippen molar-refractivity contribution in [2.45, 2.75) is 23.8 Å². The maximum Gasteiger partial charge on any atom is 0.326 e. The van der Waals surface area contributed by atoms with Crippen LogP contribution >= 0.6 is 11.8 Å². The van der Waals surface area contributed by atoms with E-state index in [4.69, 9.17) is 5.11 Å². The second-order valence-corrected chi connectivity index (χ2v) is 5.51. The van der Waals surface area contributed by atoms with Gasteiger partial charge < -0.3 is 10.0 Å². The quantitative estimate of drug-likeness (QED) is 0.518. The van der Waals surface area contributed by atoms with Crippen molar-refractivity contribution in [3.63, 3.8) is 0 Å². The third-order valence-corrected chi connectivity index (χ3v) is 4.15. The van der Waals surface area contributed by atoms with Crippen molar-refractivity contribution in [1.82, 2.24) is 4.90 Å². The van der Waals surface area contributed by atoms with Gasteiger partial charge in [0.15, 0.2) is 0 Å². The molecule has 0 unspecified atom stereocenters. The predicted octanol–water partition coefficient (Wildman–Crippen LogP) is 2.01. The molecule has 1 N–H and O–H groups in total. The Morgan fingerprint density at radius 1 is 1.48 bits per heavy atom. The Morgan fingerprint density at radius 2 is 2.19 bits per heavy atom. The average molecular weight is 310 g/mol. The Balaban J connectivity index is 2.42. The van der Waals surface area contributed by atoms with Gasteiger partial charge >= 0.3 is 5.97 Å². The number of benzene rings is 1. The summed E-state index contributed by atoms with van der Waals surface area (Å²) in [6, 6.07) is 3.39. The second-order valence-electron chi connectivity index (χ2n) is 4.64. The van der Waals surface area contributed by atoms with Gasteiger partial charge in [-0.1, -0.05) is 0 Å². The molecule has 7 nitrogen and oxygen atoms in total. The number of thioether (sulfide) groups is 1. The lowest BCUT2D eigenvalue weighted by Gasteiger charge is -2.21. The Kier molecular flexibility index (Phi) is 4.46. The fourth-order valence-electron chi connectivity index (χ4n) is 2.39. The number of hydrogen-bond acceptors (Lipinski definition) is 5. The van der Waals surface area contributed by atoms with E-state index in [1.807, 2.05) is 0 Å². The van der Waals surface area contributed by atoms with Crippen LogP contribution in [0.15, 0.2) is 23.1 Å². The van der Waals surface area contributed by atoms with Crippen molar-refractivity contribution in [3.05, 3.63) is 33.9 Å². The topological polar surface area (TPSA) is 101 Å². The minimum Gasteiger partial charge on any atom is -0.480 e. The molecule has 0 aliphatic carbocycles. The van der Waals surface area contributed by atoms with Gasteiger partial charge in [-0.05, 0) is 31.2 Å². The molecule has 0 spiro atoms. The summed E-state index contributed by atoms with van der Waals surface area (Å²) in [6.07, 6.45) is 2.75. The van der Waals surface area contributed by atoms with Crippen LogP contribution in [0, 0.1) is 10.1 Å². The van der Waals surface area contributed by atoms with Crippen LogP contribution in [0.3, 0.4) is 0 Å². The van der Waals surface area contributed by atoms with E-state index < -0.39 is 22.8 Å². The van der Waals surface area contributed by atoms with Crippen LogP contribution in [0.1, 0.15) is 23.2 Å². The van der Waals surface area contributed by atoms with Crippen LogP contribution in [-0.4, -0.2) is 45.6 Å². The zero-order valence-electron chi connectivity index (χ0n) is 11.3. The first-order chi connectivity index (χ1) is 9.95. The van der Waals surface area contributed by atoms with Crippen molar-refractivity contribution >= 4 is 29.3 Å². The molecular formula is C13H14N2O5S. The van der Waals surface area contributed by atoms with E-state index in [0.717, 1.165) is 4.90 Å². The van der Waals surface area contributed by atoms with Crippen LogP contribution in [0.2, 0.25) is 0 Å². The van der Waals surface area contributed by atoms with Gasteiger partial charge in [-0.15, -0.1) is 11.8 Å². The number of amides is 1. The van der Waals surface area contributed by atoms with Crippen molar-refractivity contribution in [2.24, 2.45) is 0 Å². The van der Waals surface area contributed by atoms with E-state index in [9.17, 15) is 19.7 Å². The minimum absolute atomic E-state index is 0.0556. The van der Waals surface area contributed by atoms with Gasteiger partial charge in [-0.25, -0.2) is 4.79 Å². The number of carbonyl (C=O) groups is 2. The number of carboxylic acid groups (broad SMARTS) is 1. The van der Waals surface area contributed by atoms with Gasteiger partial charge in [0.05, 0.1) is 4.92 Å². The minimum atomic E-state index is -1.08. The number of nitro benzene ring substituents is 1. The molecule has 21 heavy (non-hydrogen) atoms. The lowest BCUT2D eigenvalue weighted by Crippen LogP contribution is -2.40. The Morgan fingerprint density at radius 3 is 2.76 bits per heavy atom. The second kappa shape index (κ2) is 6.13. The smallest absolute Gasteiger partial charge is 0.326 e. The monoisotopic (exact) mass is 310 g/mol. The molecule has 1 amide bonds. The molecule has 1 fully saturated rings. The van der Waals surface area contributed by atoms with Crippen LogP contribution < -0.4 is 0 Å². The maximum absolute atomic E-state index is 12.5. The SMILES string of the molecule is CSc1ccc([N+](=O)[O-])c(C(=O)N2CCC[C@H]2C(=O)O)c1. The molecule has 112 valence electrons. The first-order valence-electron chi connectivity index (χ1n) is 6.32. The van der Waals surface area contributed by atoms with Crippen LogP contribution in [0.25, 0.3) is 0 Å². The highest BCUT2D eigenvalue weighted by Gasteiger charge is 2.36. The maximum atomic E-state index is 12.5. The van der Waals surface area contributed by atoms with Crippen molar-refractivity contribution < 1.29 is 19.6 Å². The van der Waals surface area contributed by atoms with E-state index in [0.29, 0.717) is 19.4 Å². The standard InChI is InChI=1S/C13H14N2O5S/c1-21-8-4-5-10(15(19)20)9(7-8)12(16)14-6-2-3-11(14)13(17)18/h4-5,7,11H,2-3,6H2,1H3,(H,17,18)/t11-/m0/s1. The summed E-state index contributed by atoms with van der Waals surface area (Å²) in [6.45, 7) is 0.302. The molecule has 0 aromatic heterocycles. The van der Waals surface area contributed by atoms with E-state index in [2.05, 4.69) is 0 Å². The van der Waals surface area contributed by atoms with Crippen LogP contribution in [-0.2, 0) is 4.79 Å². The van der Waals surface area contributed by atoms with Crippen molar-refractivity contribution in [3.8, 4) is 0 Å². The van der Waals surface area contributed by atoms with Crippen LogP contribution in [0.4, 0.5) is 5.69 Å². The van der Waals surface area contributed by atoms with Crippen LogP contribution in [0.5, 0.6) is 0 Å². The van der Waals surface area contributed by atoms with E-state index in [1.165, 1.54) is 28.8 Å². The predicted molar refractivity (Wildman–Crippen MR) is 76.6 cm³/mol. The number of rotatable bonds is 4. The van der Waals surface area contributed by atoms with E-state index in [1.54, 1.807) is 12.3 Å². The third-order valence-electron chi connectivity index (χ3n) is 3.43. The molecule has 0 saturated carbocycles. The summed E-state index contributed by atoms with van der Waals surface area (Å²) in [5, 5.41) is 20.2. The summed E-state index contributed by atoms with van der Waals surface area (Å²) in [7, 11) is 0. The van der Waals surface area contributed by atoms with Gasteiger partial charge in [-0.3, -0.25) is 14.9 Å². The highest BCUT2D eigenvalue weighted by Crippen LogP contribution is 2.28. The normalized spacial score (nSPS) is 17.8. The number of likely N-dealkylation sites (tertiary alicyclic amines) is 1. The molecule has 0 radical (unpaired) electrons. The zero-order valence-corrected chi connectivity index (χ0v) is 12.1. The fourth-order valence-corrected chi connectivity index (χ4v) is 2.83. The molecule has 2 rings (SSSR count). The molecule has 1 aliphatic rings. The molecular weight excluding hydrogens is 296 g/mol. The number of carboxylic acids is 1. The highest BCUT2D eigenvalue weighted by molar-refractivity contribution is 7.98. The van der Waals surface area contributed by atoms with Gasteiger partial charge in [0.2, 0.25) is 0 Å². The lowest BCUT2D eigenvalue weighted by atomic mass is 10.1. The van der Waals surface area contributed by atoms with Crippen molar-refractivity contribution in [2.75, 3.05) is 12.8 Å². The number of carbonyl (C=O) groups excluding carboxylic acids is 1. The molecule has 1 aliphatic heterocycles. The first kappa shape index (κ1) is 15.3. The molecule has 8 heteroatoms. The van der Waals surface area contributed by atoms with E-state index in [-0.39, 0.29) is 11.3 Å².